The van der Waals surface area contributed by atoms with Gasteiger partial charge in [-0.25, -0.2) is 0 Å². The van der Waals surface area contributed by atoms with Crippen molar-refractivity contribution in [3.63, 3.8) is 0 Å². The lowest BCUT2D eigenvalue weighted by atomic mass is 10.1. The number of carbonyl (C=O) groups is 3. The number of nitrogens with one attached hydrogen (secondary N) is 2. The molecule has 210 valence electrons. The number of nitrogens with zero attached hydrogens (tertiary/aromatic N) is 1. The number of anilines is 2. The van der Waals surface area contributed by atoms with Crippen LogP contribution in [0.5, 0.6) is 11.5 Å². The van der Waals surface area contributed by atoms with Crippen LogP contribution in [-0.2, 0) is 27.1 Å². The lowest BCUT2D eigenvalue weighted by molar-refractivity contribution is -0.137. The quantitative estimate of drug-likeness (QED) is 0.345. The Hall–Kier alpha value is -4.06. The molecule has 1 aliphatic heterocycles. The Balaban J connectivity index is 1.28. The third kappa shape index (κ3) is 7.32. The van der Waals surface area contributed by atoms with E-state index in [4.69, 9.17) is 9.47 Å². The van der Waals surface area contributed by atoms with Gasteiger partial charge < -0.3 is 25.0 Å². The van der Waals surface area contributed by atoms with Crippen LogP contribution in [0.15, 0.2) is 71.2 Å². The maximum absolute atomic E-state index is 13.3. The molecule has 0 unspecified atom stereocenters. The van der Waals surface area contributed by atoms with E-state index in [1.54, 1.807) is 31.4 Å². The molecule has 12 heteroatoms. The highest BCUT2D eigenvalue weighted by atomic mass is 79.9. The number of amides is 3. The van der Waals surface area contributed by atoms with Crippen molar-refractivity contribution in [1.29, 1.82) is 0 Å². The Kier molecular flexibility index (Phi) is 8.98. The Morgan fingerprint density at radius 2 is 1.70 bits per heavy atom. The Labute approximate surface area is 236 Å². The molecule has 4 rings (SSSR count). The van der Waals surface area contributed by atoms with Gasteiger partial charge in [0.05, 0.1) is 24.3 Å². The summed E-state index contributed by atoms with van der Waals surface area (Å²) in [5.41, 5.74) is 0.0894. The highest BCUT2D eigenvalue weighted by Gasteiger charge is 2.35. The van der Waals surface area contributed by atoms with E-state index >= 15 is 0 Å². The summed E-state index contributed by atoms with van der Waals surface area (Å²) in [6.45, 7) is 0.0167. The third-order valence-electron chi connectivity index (χ3n) is 6.20. The fraction of sp³-hybridized carbons (Fsp3) is 0.250. The van der Waals surface area contributed by atoms with E-state index in [0.29, 0.717) is 18.0 Å². The molecule has 40 heavy (non-hydrogen) atoms. The molecule has 2 N–H and O–H groups in total. The molecule has 0 aromatic heterocycles. The van der Waals surface area contributed by atoms with Crippen LogP contribution in [-0.4, -0.2) is 38.0 Å². The summed E-state index contributed by atoms with van der Waals surface area (Å²) in [4.78, 5) is 39.0. The van der Waals surface area contributed by atoms with Crippen LogP contribution in [0, 0.1) is 5.92 Å². The molecule has 3 amide bonds. The van der Waals surface area contributed by atoms with Gasteiger partial charge in [0.25, 0.3) is 5.91 Å². The molecule has 0 spiro atoms. The summed E-state index contributed by atoms with van der Waals surface area (Å²) in [6, 6.07) is 17.0. The van der Waals surface area contributed by atoms with Crippen LogP contribution in [0.2, 0.25) is 0 Å². The molecular weight excluding hydrogens is 595 g/mol. The number of halogens is 4. The number of ether oxygens (including phenoxy) is 2. The molecule has 3 aromatic carbocycles. The Morgan fingerprint density at radius 1 is 1.02 bits per heavy atom. The van der Waals surface area contributed by atoms with Gasteiger partial charge in [-0.3, -0.25) is 14.4 Å². The molecule has 1 atom stereocenters. The van der Waals surface area contributed by atoms with E-state index in [2.05, 4.69) is 26.6 Å². The molecule has 1 saturated heterocycles. The maximum Gasteiger partial charge on any atom is 0.418 e. The van der Waals surface area contributed by atoms with Crippen LogP contribution in [0.4, 0.5) is 24.5 Å². The number of methoxy groups -OCH3 is 1. The summed E-state index contributed by atoms with van der Waals surface area (Å²) in [7, 11) is 1.57. The smallest absolute Gasteiger partial charge is 0.418 e. The van der Waals surface area contributed by atoms with Crippen molar-refractivity contribution in [2.24, 2.45) is 5.92 Å². The minimum absolute atomic E-state index is 0.0723. The highest BCUT2D eigenvalue weighted by molar-refractivity contribution is 9.10. The molecular formula is C28H25BrF3N3O5. The van der Waals surface area contributed by atoms with Crippen molar-refractivity contribution in [1.82, 2.24) is 5.32 Å². The normalized spacial score (nSPS) is 15.1. The molecule has 3 aromatic rings. The van der Waals surface area contributed by atoms with E-state index in [0.717, 1.165) is 17.7 Å². The SMILES string of the molecule is COc1ccc(CNC(=O)[C@@H]2CC(=O)N(c3ccc(OCC(=O)Nc4ccc(Br)cc4C(F)(F)F)cc3)C2)cc1. The first-order chi connectivity index (χ1) is 19.0. The lowest BCUT2D eigenvalue weighted by Gasteiger charge is -2.17. The van der Waals surface area contributed by atoms with E-state index in [9.17, 15) is 27.6 Å². The van der Waals surface area contributed by atoms with Crippen LogP contribution < -0.4 is 25.0 Å². The highest BCUT2D eigenvalue weighted by Crippen LogP contribution is 2.36. The van der Waals surface area contributed by atoms with Gasteiger partial charge in [0, 0.05) is 29.7 Å². The summed E-state index contributed by atoms with van der Waals surface area (Å²) in [5, 5.41) is 5.07. The first-order valence-corrected chi connectivity index (χ1v) is 12.9. The monoisotopic (exact) mass is 619 g/mol. The number of hydrogen-bond acceptors (Lipinski definition) is 5. The zero-order chi connectivity index (χ0) is 28.9. The molecule has 0 saturated carbocycles. The minimum Gasteiger partial charge on any atom is -0.497 e. The standard InChI is InChI=1S/C28H25BrF3N3O5/c1-39-21-7-2-17(3-8-21)14-33-27(38)18-12-26(37)35(15-18)20-5-9-22(10-6-20)40-16-25(36)34-24-11-4-19(29)13-23(24)28(30,31)32/h2-11,13,18H,12,14-16H2,1H3,(H,33,38)(H,34,36)/t18-/m1/s1. The van der Waals surface area contributed by atoms with Crippen molar-refractivity contribution in [2.75, 3.05) is 30.5 Å². The molecule has 1 heterocycles. The molecule has 0 bridgehead atoms. The number of alkyl halides is 3. The third-order valence-corrected chi connectivity index (χ3v) is 6.69. The van der Waals surface area contributed by atoms with E-state index in [1.165, 1.54) is 23.1 Å². The molecule has 1 fully saturated rings. The zero-order valence-electron chi connectivity index (χ0n) is 21.3. The van der Waals surface area contributed by atoms with Crippen molar-refractivity contribution in [3.8, 4) is 11.5 Å². The second kappa shape index (κ2) is 12.4. The topological polar surface area (TPSA) is 97.0 Å². The zero-order valence-corrected chi connectivity index (χ0v) is 22.8. The largest absolute Gasteiger partial charge is 0.497 e. The van der Waals surface area contributed by atoms with Crippen LogP contribution in [0.3, 0.4) is 0 Å². The molecule has 0 aliphatic carbocycles. The molecule has 1 aliphatic rings. The maximum atomic E-state index is 13.3. The average Bonchev–Trinajstić information content (AvgIpc) is 3.33. The minimum atomic E-state index is -4.65. The summed E-state index contributed by atoms with van der Waals surface area (Å²) in [5.74, 6) is -0.705. The van der Waals surface area contributed by atoms with Crippen LogP contribution >= 0.6 is 15.9 Å². The summed E-state index contributed by atoms with van der Waals surface area (Å²) >= 11 is 2.99. The second-order valence-electron chi connectivity index (χ2n) is 8.99. The fourth-order valence-corrected chi connectivity index (χ4v) is 4.49. The van der Waals surface area contributed by atoms with E-state index in [-0.39, 0.29) is 40.7 Å². The van der Waals surface area contributed by atoms with Gasteiger partial charge in [0.15, 0.2) is 6.61 Å². The second-order valence-corrected chi connectivity index (χ2v) is 9.91. The van der Waals surface area contributed by atoms with E-state index in [1.807, 2.05) is 12.1 Å². The lowest BCUT2D eigenvalue weighted by Crippen LogP contribution is -2.32. The summed E-state index contributed by atoms with van der Waals surface area (Å²) in [6.07, 6.45) is -4.57. The fourth-order valence-electron chi connectivity index (χ4n) is 4.13. The Bertz CT molecular complexity index is 1380. The van der Waals surface area contributed by atoms with Crippen molar-refractivity contribution in [2.45, 2.75) is 19.1 Å². The molecule has 0 radical (unpaired) electrons. The number of benzene rings is 3. The number of carbonyl (C=O) groups excluding carboxylic acids is 3. The van der Waals surface area contributed by atoms with Crippen molar-refractivity contribution >= 4 is 45.0 Å². The van der Waals surface area contributed by atoms with Crippen molar-refractivity contribution in [3.05, 3.63) is 82.3 Å². The van der Waals surface area contributed by atoms with Gasteiger partial charge in [0.1, 0.15) is 11.5 Å². The predicted octanol–water partition coefficient (Wildman–Crippen LogP) is 5.16. The average molecular weight is 620 g/mol. The number of rotatable bonds is 9. The predicted molar refractivity (Wildman–Crippen MR) is 145 cm³/mol. The Morgan fingerprint density at radius 3 is 2.35 bits per heavy atom. The van der Waals surface area contributed by atoms with Gasteiger partial charge in [-0.2, -0.15) is 13.2 Å². The van der Waals surface area contributed by atoms with Gasteiger partial charge in [0.2, 0.25) is 11.8 Å². The van der Waals surface area contributed by atoms with Crippen LogP contribution in [0.1, 0.15) is 17.5 Å². The summed E-state index contributed by atoms with van der Waals surface area (Å²) < 4.78 is 50.6. The van der Waals surface area contributed by atoms with E-state index < -0.39 is 30.2 Å². The van der Waals surface area contributed by atoms with Gasteiger partial charge in [-0.05, 0) is 60.2 Å². The van der Waals surface area contributed by atoms with Gasteiger partial charge >= 0.3 is 6.18 Å². The first-order valence-electron chi connectivity index (χ1n) is 12.1. The van der Waals surface area contributed by atoms with Crippen LogP contribution in [0.25, 0.3) is 0 Å². The molecule has 8 nitrogen and oxygen atoms in total. The van der Waals surface area contributed by atoms with Gasteiger partial charge in [-0.15, -0.1) is 0 Å². The number of hydrogen-bond donors (Lipinski definition) is 2. The van der Waals surface area contributed by atoms with Gasteiger partial charge in [-0.1, -0.05) is 28.1 Å². The van der Waals surface area contributed by atoms with Crippen molar-refractivity contribution < 1.29 is 37.0 Å². The first kappa shape index (κ1) is 28.9.